The van der Waals surface area contributed by atoms with Gasteiger partial charge in [0, 0.05) is 12.1 Å². The normalized spacial score (nSPS) is 11.7. The molecule has 0 saturated heterocycles. The Kier molecular flexibility index (Phi) is 6.84. The third-order valence-corrected chi connectivity index (χ3v) is 3.88. The molecule has 0 bridgehead atoms. The number of aryl methyl sites for hydroxylation is 2. The Bertz CT molecular complexity index is 755. The van der Waals surface area contributed by atoms with Crippen molar-refractivity contribution in [2.24, 2.45) is 0 Å². The zero-order valence-corrected chi connectivity index (χ0v) is 15.4. The molecular formula is C18H22F3N3O3. The number of hydrogen-bond donors (Lipinski definition) is 1. The third kappa shape index (κ3) is 6.28. The Morgan fingerprint density at radius 3 is 2.70 bits per heavy atom. The highest BCUT2D eigenvalue weighted by atomic mass is 19.4. The van der Waals surface area contributed by atoms with Crippen molar-refractivity contribution in [1.29, 1.82) is 0 Å². The van der Waals surface area contributed by atoms with E-state index < -0.39 is 11.7 Å². The number of amides is 1. The monoisotopic (exact) mass is 385 g/mol. The summed E-state index contributed by atoms with van der Waals surface area (Å²) in [5.41, 5.74) is 0.956. The second kappa shape index (κ2) is 8.90. The molecule has 0 aliphatic rings. The van der Waals surface area contributed by atoms with E-state index in [-0.39, 0.29) is 31.4 Å². The molecule has 1 aromatic heterocycles. The summed E-state index contributed by atoms with van der Waals surface area (Å²) in [4.78, 5) is 13.8. The number of likely N-dealkylation sites (N-methyl/N-ethyl adjacent to an activating group) is 1. The highest BCUT2D eigenvalue weighted by molar-refractivity contribution is 5.77. The molecule has 148 valence electrons. The molecule has 27 heavy (non-hydrogen) atoms. The Balaban J connectivity index is 1.72. The first-order valence-electron chi connectivity index (χ1n) is 8.34. The summed E-state index contributed by atoms with van der Waals surface area (Å²) in [6, 6.07) is 4.62. The van der Waals surface area contributed by atoms with Crippen LogP contribution in [0, 0.1) is 13.8 Å². The molecular weight excluding hydrogens is 363 g/mol. The van der Waals surface area contributed by atoms with Gasteiger partial charge < -0.3 is 14.6 Å². The van der Waals surface area contributed by atoms with Crippen LogP contribution in [0.4, 0.5) is 13.2 Å². The van der Waals surface area contributed by atoms with Gasteiger partial charge in [-0.2, -0.15) is 13.2 Å². The van der Waals surface area contributed by atoms with E-state index in [9.17, 15) is 18.0 Å². The van der Waals surface area contributed by atoms with E-state index in [0.717, 1.165) is 23.4 Å². The lowest BCUT2D eigenvalue weighted by Crippen LogP contribution is -2.36. The van der Waals surface area contributed by atoms with E-state index in [2.05, 4.69) is 10.5 Å². The lowest BCUT2D eigenvalue weighted by atomic mass is 10.2. The first-order chi connectivity index (χ1) is 12.7. The maximum Gasteiger partial charge on any atom is 0.416 e. The van der Waals surface area contributed by atoms with Crippen molar-refractivity contribution < 1.29 is 27.2 Å². The zero-order chi connectivity index (χ0) is 20.0. The largest absolute Gasteiger partial charge is 0.492 e. The van der Waals surface area contributed by atoms with Crippen LogP contribution in [-0.2, 0) is 17.5 Å². The first kappa shape index (κ1) is 20.8. The van der Waals surface area contributed by atoms with Crippen LogP contribution >= 0.6 is 0 Å². The Morgan fingerprint density at radius 1 is 1.33 bits per heavy atom. The predicted octanol–water partition coefficient (Wildman–Crippen LogP) is 2.94. The van der Waals surface area contributed by atoms with Crippen molar-refractivity contribution >= 4 is 5.91 Å². The highest BCUT2D eigenvalue weighted by Gasteiger charge is 2.30. The van der Waals surface area contributed by atoms with Crippen molar-refractivity contribution in [3.8, 4) is 5.75 Å². The van der Waals surface area contributed by atoms with E-state index in [1.165, 1.54) is 12.1 Å². The van der Waals surface area contributed by atoms with E-state index in [4.69, 9.17) is 9.26 Å². The number of aromatic nitrogens is 1. The van der Waals surface area contributed by atoms with E-state index in [1.54, 1.807) is 7.05 Å². The molecule has 0 atom stereocenters. The van der Waals surface area contributed by atoms with Crippen LogP contribution in [0.5, 0.6) is 5.75 Å². The molecule has 2 aromatic rings. The fraction of sp³-hybridized carbons (Fsp3) is 0.444. The number of hydrogen-bond acceptors (Lipinski definition) is 5. The standard InChI is InChI=1S/C18H22F3N3O3/c1-12-16(13(2)27-23-12)10-24(3)11-17(25)22-7-8-26-15-6-4-5-14(9-15)18(19,20)21/h4-6,9H,7-8,10-11H2,1-3H3,(H,22,25). The Hall–Kier alpha value is -2.55. The molecule has 1 aromatic carbocycles. The number of benzene rings is 1. The van der Waals surface area contributed by atoms with Crippen molar-refractivity contribution in [3.63, 3.8) is 0 Å². The van der Waals surface area contributed by atoms with Gasteiger partial charge in [0.2, 0.25) is 5.91 Å². The molecule has 9 heteroatoms. The summed E-state index contributed by atoms with van der Waals surface area (Å²) >= 11 is 0. The fourth-order valence-electron chi connectivity index (χ4n) is 2.48. The Morgan fingerprint density at radius 2 is 2.07 bits per heavy atom. The molecule has 0 unspecified atom stereocenters. The number of ether oxygens (including phenoxy) is 1. The van der Waals surface area contributed by atoms with Crippen LogP contribution in [0.15, 0.2) is 28.8 Å². The minimum atomic E-state index is -4.42. The van der Waals surface area contributed by atoms with E-state index in [0.29, 0.717) is 12.3 Å². The third-order valence-electron chi connectivity index (χ3n) is 3.88. The smallest absolute Gasteiger partial charge is 0.416 e. The van der Waals surface area contributed by atoms with Gasteiger partial charge in [-0.25, -0.2) is 0 Å². The van der Waals surface area contributed by atoms with Crippen molar-refractivity contribution in [2.75, 3.05) is 26.7 Å². The molecule has 0 aliphatic heterocycles. The zero-order valence-electron chi connectivity index (χ0n) is 15.4. The molecule has 6 nitrogen and oxygen atoms in total. The van der Waals surface area contributed by atoms with Crippen LogP contribution < -0.4 is 10.1 Å². The molecule has 1 amide bonds. The van der Waals surface area contributed by atoms with E-state index in [1.807, 2.05) is 18.7 Å². The van der Waals surface area contributed by atoms with Gasteiger partial charge >= 0.3 is 6.18 Å². The second-order valence-corrected chi connectivity index (χ2v) is 6.20. The van der Waals surface area contributed by atoms with Gasteiger partial charge in [0.15, 0.2) is 0 Å². The SMILES string of the molecule is Cc1noc(C)c1CN(C)CC(=O)NCCOc1cccc(C(F)(F)F)c1. The van der Waals surface area contributed by atoms with Gasteiger partial charge in [0.25, 0.3) is 0 Å². The molecule has 0 radical (unpaired) electrons. The molecule has 1 N–H and O–H groups in total. The van der Waals surface area contributed by atoms with Gasteiger partial charge in [-0.05, 0) is 39.1 Å². The van der Waals surface area contributed by atoms with Gasteiger partial charge in [0.1, 0.15) is 18.1 Å². The molecule has 1 heterocycles. The first-order valence-corrected chi connectivity index (χ1v) is 8.34. The summed E-state index contributed by atoms with van der Waals surface area (Å²) in [6.45, 7) is 4.59. The summed E-state index contributed by atoms with van der Waals surface area (Å²) < 4.78 is 48.3. The van der Waals surface area contributed by atoms with Crippen LogP contribution in [0.3, 0.4) is 0 Å². The number of nitrogens with zero attached hydrogens (tertiary/aromatic N) is 2. The van der Waals surface area contributed by atoms with Crippen LogP contribution in [0.2, 0.25) is 0 Å². The number of alkyl halides is 3. The summed E-state index contributed by atoms with van der Waals surface area (Å²) in [6.07, 6.45) is -4.42. The van der Waals surface area contributed by atoms with Crippen LogP contribution in [0.1, 0.15) is 22.6 Å². The fourth-order valence-corrected chi connectivity index (χ4v) is 2.48. The molecule has 0 fully saturated rings. The van der Waals surface area contributed by atoms with E-state index >= 15 is 0 Å². The van der Waals surface area contributed by atoms with Gasteiger partial charge in [-0.1, -0.05) is 11.2 Å². The van der Waals surface area contributed by atoms with Crippen molar-refractivity contribution in [3.05, 3.63) is 46.8 Å². The number of rotatable bonds is 8. The van der Waals surface area contributed by atoms with Crippen molar-refractivity contribution in [1.82, 2.24) is 15.4 Å². The average Bonchev–Trinajstić information content (AvgIpc) is 2.90. The number of carbonyl (C=O) groups is 1. The number of nitrogens with one attached hydrogen (secondary N) is 1. The lowest BCUT2D eigenvalue weighted by molar-refractivity contribution is -0.137. The van der Waals surface area contributed by atoms with Gasteiger partial charge in [0.05, 0.1) is 24.3 Å². The van der Waals surface area contributed by atoms with Gasteiger partial charge in [-0.3, -0.25) is 9.69 Å². The Labute approximate surface area is 155 Å². The maximum atomic E-state index is 12.6. The highest BCUT2D eigenvalue weighted by Crippen LogP contribution is 2.31. The maximum absolute atomic E-state index is 12.6. The van der Waals surface area contributed by atoms with Crippen LogP contribution in [0.25, 0.3) is 0 Å². The molecule has 2 rings (SSSR count). The number of halogens is 3. The number of carbonyl (C=O) groups excluding carboxylic acids is 1. The second-order valence-electron chi connectivity index (χ2n) is 6.20. The summed E-state index contributed by atoms with van der Waals surface area (Å²) in [5.74, 6) is 0.612. The summed E-state index contributed by atoms with van der Waals surface area (Å²) in [5, 5.41) is 6.54. The molecule has 0 saturated carbocycles. The molecule has 0 aliphatic carbocycles. The van der Waals surface area contributed by atoms with Crippen molar-refractivity contribution in [2.45, 2.75) is 26.6 Å². The predicted molar refractivity (Wildman–Crippen MR) is 92.3 cm³/mol. The van der Waals surface area contributed by atoms with Crippen LogP contribution in [-0.4, -0.2) is 42.7 Å². The minimum absolute atomic E-state index is 0.0701. The minimum Gasteiger partial charge on any atom is -0.492 e. The lowest BCUT2D eigenvalue weighted by Gasteiger charge is -2.16. The summed E-state index contributed by atoms with van der Waals surface area (Å²) in [7, 11) is 1.80. The topological polar surface area (TPSA) is 67.6 Å². The van der Waals surface area contributed by atoms with Gasteiger partial charge in [-0.15, -0.1) is 0 Å². The average molecular weight is 385 g/mol. The molecule has 0 spiro atoms. The quantitative estimate of drug-likeness (QED) is 0.708.